The number of nitrogens with zero attached hydrogens (tertiary/aromatic N) is 6. The maximum absolute atomic E-state index is 13.0. The van der Waals surface area contributed by atoms with Crippen LogP contribution < -0.4 is 10.4 Å². The van der Waals surface area contributed by atoms with E-state index in [1.165, 1.54) is 14.0 Å². The number of azide groups is 2. The van der Waals surface area contributed by atoms with E-state index in [1.807, 2.05) is 66.7 Å². The Balaban J connectivity index is 1.58. The first kappa shape index (κ1) is 48.9. The molecule has 2 heterocycles. The molecule has 2 aliphatic heterocycles. The van der Waals surface area contributed by atoms with Gasteiger partial charge in [-0.05, 0) is 50.2 Å². The molecule has 2 fully saturated rings. The predicted molar refractivity (Wildman–Crippen MR) is 238 cm³/mol. The predicted octanol–water partition coefficient (Wildman–Crippen LogP) is 7.30. The van der Waals surface area contributed by atoms with E-state index in [9.17, 15) is 21.0 Å². The lowest BCUT2D eigenvalue weighted by atomic mass is 9.94. The Morgan fingerprint density at radius 1 is 0.726 bits per heavy atom. The minimum Gasteiger partial charge on any atom is -0.457 e. The van der Waals surface area contributed by atoms with Crippen molar-refractivity contribution in [1.82, 2.24) is 0 Å². The second-order valence-electron chi connectivity index (χ2n) is 18.2. The van der Waals surface area contributed by atoms with Crippen LogP contribution in [0.3, 0.4) is 0 Å². The summed E-state index contributed by atoms with van der Waals surface area (Å²) < 4.78 is 51.8. The fraction of sp³-hybridized carbons (Fsp3) is 0.568. The molecule has 3 aromatic rings. The molecule has 18 heteroatoms. The number of benzene rings is 3. The monoisotopic (exact) mass is 890 g/mol. The maximum atomic E-state index is 13.0. The van der Waals surface area contributed by atoms with Gasteiger partial charge in [-0.2, -0.15) is 0 Å². The highest BCUT2D eigenvalue weighted by molar-refractivity contribution is 6.99. The quantitative estimate of drug-likeness (QED) is 0.0470. The van der Waals surface area contributed by atoms with Crippen LogP contribution >= 0.6 is 0 Å². The van der Waals surface area contributed by atoms with E-state index < -0.39 is 88.9 Å². The summed E-state index contributed by atoms with van der Waals surface area (Å²) in [5, 5.41) is 21.5. The van der Waals surface area contributed by atoms with Crippen molar-refractivity contribution >= 4 is 33.0 Å². The van der Waals surface area contributed by atoms with Crippen LogP contribution in [0.2, 0.25) is 23.2 Å². The third-order valence-corrected chi connectivity index (χ3v) is 21.5. The van der Waals surface area contributed by atoms with Gasteiger partial charge in [-0.1, -0.05) is 143 Å². The van der Waals surface area contributed by atoms with Gasteiger partial charge in [-0.15, -0.1) is 0 Å². The van der Waals surface area contributed by atoms with Crippen molar-refractivity contribution in [2.45, 2.75) is 140 Å². The Labute approximate surface area is 366 Å². The number of hydrogen-bond donors (Lipinski definition) is 1. The van der Waals surface area contributed by atoms with E-state index in [2.05, 4.69) is 99.0 Å². The normalized spacial score (nSPS) is 27.1. The Hall–Kier alpha value is -4.14. The molecule has 5 rings (SSSR count). The standard InChI is InChI=1S/C44H62N6O10Si2/c1-29(51)57-38-34(28-56-62(44(5,6)7,31-22-16-12-17-23-31)32-24-18-13-19-25-32)59-41(53-8)36(48-50-46)40(38)60-42-35(47-49-45)39(54-26-30-20-14-11-15-21-30)37(52)33(58-42)27-55-61(9,10)43(2,3)4/h11-25,33-42,52H,26-28H2,1-10H3/t33-,34+,35+,36+,37-,38-,39-,40+,41+,42+/m1/s1. The summed E-state index contributed by atoms with van der Waals surface area (Å²) in [6, 6.07) is 26.9. The van der Waals surface area contributed by atoms with Gasteiger partial charge in [0.15, 0.2) is 27.0 Å². The summed E-state index contributed by atoms with van der Waals surface area (Å²) in [6.45, 7) is 18.0. The molecule has 0 saturated carbocycles. The molecule has 0 aromatic heterocycles. The van der Waals surface area contributed by atoms with Crippen LogP contribution in [0, 0.1) is 0 Å². The number of rotatable bonds is 17. The Bertz CT molecular complexity index is 1960. The third kappa shape index (κ3) is 11.1. The molecular formula is C44H62N6O10Si2. The topological polar surface area (TPSA) is 209 Å². The second kappa shape index (κ2) is 21.0. The Morgan fingerprint density at radius 2 is 1.23 bits per heavy atom. The molecule has 0 amide bonds. The van der Waals surface area contributed by atoms with E-state index in [4.69, 9.17) is 37.3 Å². The summed E-state index contributed by atoms with van der Waals surface area (Å²) in [7, 11) is -4.16. The number of aliphatic hydroxyl groups excluding tert-OH is 1. The number of carbonyl (C=O) groups is 1. The molecule has 16 nitrogen and oxygen atoms in total. The zero-order valence-corrected chi connectivity index (χ0v) is 39.4. The number of esters is 1. The lowest BCUT2D eigenvalue weighted by molar-refractivity contribution is -0.324. The van der Waals surface area contributed by atoms with Crippen molar-refractivity contribution in [3.05, 3.63) is 117 Å². The Kier molecular flexibility index (Phi) is 16.6. The molecule has 0 radical (unpaired) electrons. The van der Waals surface area contributed by atoms with Crippen LogP contribution in [0.4, 0.5) is 0 Å². The summed E-state index contributed by atoms with van der Waals surface area (Å²) in [5.74, 6) is -0.672. The van der Waals surface area contributed by atoms with Gasteiger partial charge in [-0.3, -0.25) is 4.79 Å². The molecule has 3 aromatic carbocycles. The lowest BCUT2D eigenvalue weighted by Crippen LogP contribution is -2.69. The summed E-state index contributed by atoms with van der Waals surface area (Å²) in [4.78, 5) is 19.2. The van der Waals surface area contributed by atoms with Crippen LogP contribution in [-0.2, 0) is 48.7 Å². The first-order valence-corrected chi connectivity index (χ1v) is 25.7. The van der Waals surface area contributed by atoms with Gasteiger partial charge in [0, 0.05) is 23.9 Å². The van der Waals surface area contributed by atoms with Gasteiger partial charge in [-0.25, -0.2) is 0 Å². The molecule has 2 saturated heterocycles. The van der Waals surface area contributed by atoms with Crippen molar-refractivity contribution in [2.24, 2.45) is 10.2 Å². The van der Waals surface area contributed by atoms with Crippen LogP contribution in [0.1, 0.15) is 54.0 Å². The zero-order valence-electron chi connectivity index (χ0n) is 37.4. The van der Waals surface area contributed by atoms with Crippen molar-refractivity contribution in [2.75, 3.05) is 20.3 Å². The molecule has 0 unspecified atom stereocenters. The second-order valence-corrected chi connectivity index (χ2v) is 27.3. The molecule has 0 spiro atoms. The average Bonchev–Trinajstić information content (AvgIpc) is 3.23. The van der Waals surface area contributed by atoms with Crippen molar-refractivity contribution in [3.63, 3.8) is 0 Å². The highest BCUT2D eigenvalue weighted by atomic mass is 28.4. The van der Waals surface area contributed by atoms with Gasteiger partial charge in [0.1, 0.15) is 36.5 Å². The minimum absolute atomic E-state index is 0.0394. The van der Waals surface area contributed by atoms with E-state index in [-0.39, 0.29) is 24.9 Å². The van der Waals surface area contributed by atoms with E-state index >= 15 is 0 Å². The van der Waals surface area contributed by atoms with Crippen LogP contribution in [-0.4, -0.2) is 109 Å². The summed E-state index contributed by atoms with van der Waals surface area (Å²) >= 11 is 0. The highest BCUT2D eigenvalue weighted by Crippen LogP contribution is 2.40. The zero-order chi connectivity index (χ0) is 45.3. The third-order valence-electron chi connectivity index (χ3n) is 12.0. The number of ether oxygens (including phenoxy) is 6. The molecule has 62 heavy (non-hydrogen) atoms. The van der Waals surface area contributed by atoms with E-state index in [0.29, 0.717) is 0 Å². The van der Waals surface area contributed by atoms with Gasteiger partial charge in [0.25, 0.3) is 8.32 Å². The summed E-state index contributed by atoms with van der Waals surface area (Å²) in [5.41, 5.74) is 20.6. The smallest absolute Gasteiger partial charge is 0.303 e. The molecule has 0 bridgehead atoms. The fourth-order valence-corrected chi connectivity index (χ4v) is 13.4. The van der Waals surface area contributed by atoms with Gasteiger partial charge in [0.05, 0.1) is 25.9 Å². The van der Waals surface area contributed by atoms with Crippen LogP contribution in [0.15, 0.2) is 101 Å². The molecule has 336 valence electrons. The van der Waals surface area contributed by atoms with E-state index in [0.717, 1.165) is 15.9 Å². The van der Waals surface area contributed by atoms with Crippen molar-refractivity contribution < 1.29 is 47.2 Å². The van der Waals surface area contributed by atoms with E-state index in [1.54, 1.807) is 0 Å². The van der Waals surface area contributed by atoms with Crippen molar-refractivity contribution in [1.29, 1.82) is 0 Å². The van der Waals surface area contributed by atoms with Gasteiger partial charge < -0.3 is 42.4 Å². The first-order valence-electron chi connectivity index (χ1n) is 20.9. The molecule has 0 aliphatic carbocycles. The first-order chi connectivity index (χ1) is 29.4. The Morgan fingerprint density at radius 3 is 1.71 bits per heavy atom. The molecule has 1 N–H and O–H groups in total. The molecule has 10 atom stereocenters. The lowest BCUT2D eigenvalue weighted by Gasteiger charge is -2.49. The molecular weight excluding hydrogens is 829 g/mol. The van der Waals surface area contributed by atoms with Gasteiger partial charge in [0.2, 0.25) is 0 Å². The average molecular weight is 891 g/mol. The van der Waals surface area contributed by atoms with Crippen LogP contribution in [0.25, 0.3) is 20.9 Å². The maximum Gasteiger partial charge on any atom is 0.303 e. The minimum atomic E-state index is -3.17. The fourth-order valence-electron chi connectivity index (χ4n) is 7.82. The SMILES string of the molecule is CO[C@H]1O[C@@H](CO[Si](c2ccccc2)(c2ccccc2)C(C)(C)C)[C@@H](OC(C)=O)[C@@H](O[C@@H]2O[C@H](CO[Si](C)(C)C(C)(C)C)[C@@H](O)[C@H](OCc3ccccc3)[C@@H]2N=[N+]=[N-])[C@@H]1N=[N+]=[N-]. The van der Waals surface area contributed by atoms with Gasteiger partial charge >= 0.3 is 5.97 Å². The summed E-state index contributed by atoms with van der Waals surface area (Å²) in [6.07, 6.45) is -9.83. The van der Waals surface area contributed by atoms with Crippen molar-refractivity contribution in [3.8, 4) is 0 Å². The number of hydrogen-bond acceptors (Lipinski definition) is 12. The molecule has 2 aliphatic rings. The highest BCUT2D eigenvalue weighted by Gasteiger charge is 2.56. The number of carbonyl (C=O) groups excluding carboxylic acids is 1. The number of methoxy groups -OCH3 is 1. The largest absolute Gasteiger partial charge is 0.457 e. The van der Waals surface area contributed by atoms with Crippen LogP contribution in [0.5, 0.6) is 0 Å². The number of aliphatic hydroxyl groups is 1.